The van der Waals surface area contributed by atoms with E-state index in [4.69, 9.17) is 0 Å². The number of rotatable bonds is 4. The van der Waals surface area contributed by atoms with E-state index in [-0.39, 0.29) is 5.91 Å². The molecule has 0 unspecified atom stereocenters. The van der Waals surface area contributed by atoms with E-state index in [0.717, 1.165) is 23.1 Å². The van der Waals surface area contributed by atoms with Crippen LogP contribution >= 0.6 is 0 Å². The van der Waals surface area contributed by atoms with E-state index in [1.165, 1.54) is 0 Å². The summed E-state index contributed by atoms with van der Waals surface area (Å²) < 4.78 is 25.0. The van der Waals surface area contributed by atoms with Crippen LogP contribution in [0.1, 0.15) is 10.4 Å². The molecular formula is C20H21N5O3S. The first-order chi connectivity index (χ1) is 13.9. The van der Waals surface area contributed by atoms with Gasteiger partial charge >= 0.3 is 0 Å². The average molecular weight is 411 g/mol. The maximum Gasteiger partial charge on any atom is 0.253 e. The molecule has 1 amide bonds. The van der Waals surface area contributed by atoms with Gasteiger partial charge in [0.15, 0.2) is 0 Å². The Kier molecular flexibility index (Phi) is 5.06. The fourth-order valence-electron chi connectivity index (χ4n) is 3.32. The van der Waals surface area contributed by atoms with Crippen LogP contribution in [-0.2, 0) is 10.0 Å². The van der Waals surface area contributed by atoms with Gasteiger partial charge in [-0.2, -0.15) is 0 Å². The lowest BCUT2D eigenvalue weighted by Crippen LogP contribution is -2.49. The highest BCUT2D eigenvalue weighted by atomic mass is 32.2. The number of anilines is 2. The van der Waals surface area contributed by atoms with Crippen molar-refractivity contribution in [1.29, 1.82) is 0 Å². The fourth-order valence-corrected chi connectivity index (χ4v) is 3.88. The third kappa shape index (κ3) is 4.45. The van der Waals surface area contributed by atoms with Crippen molar-refractivity contribution in [3.63, 3.8) is 0 Å². The topological polar surface area (TPSA) is 95.5 Å². The summed E-state index contributed by atoms with van der Waals surface area (Å²) >= 11 is 0. The number of nitrogens with zero attached hydrogens (tertiary/aromatic N) is 4. The van der Waals surface area contributed by atoms with Gasteiger partial charge in [0, 0.05) is 37.4 Å². The molecule has 0 atom stereocenters. The second-order valence-electron chi connectivity index (χ2n) is 6.95. The van der Waals surface area contributed by atoms with Gasteiger partial charge in [0.05, 0.1) is 23.5 Å². The van der Waals surface area contributed by atoms with Crippen molar-refractivity contribution in [2.75, 3.05) is 42.1 Å². The fraction of sp³-hybridized carbons (Fsp3) is 0.250. The first kappa shape index (κ1) is 19.1. The Morgan fingerprint density at radius 3 is 2.28 bits per heavy atom. The van der Waals surface area contributed by atoms with E-state index < -0.39 is 10.0 Å². The molecule has 0 bridgehead atoms. The number of carbonyl (C=O) groups excluding carboxylic acids is 1. The summed E-state index contributed by atoms with van der Waals surface area (Å²) in [5, 5.41) is 0. The van der Waals surface area contributed by atoms with Crippen LogP contribution in [0, 0.1) is 0 Å². The van der Waals surface area contributed by atoms with Gasteiger partial charge in [-0.25, -0.2) is 13.4 Å². The Morgan fingerprint density at radius 1 is 0.966 bits per heavy atom. The zero-order valence-corrected chi connectivity index (χ0v) is 16.8. The highest BCUT2D eigenvalue weighted by Gasteiger charge is 2.23. The summed E-state index contributed by atoms with van der Waals surface area (Å²) in [5.74, 6) is 0.743. The van der Waals surface area contributed by atoms with Crippen LogP contribution in [0.4, 0.5) is 11.5 Å². The maximum atomic E-state index is 12.8. The molecule has 29 heavy (non-hydrogen) atoms. The molecule has 8 nitrogen and oxygen atoms in total. The number of hydrogen-bond donors (Lipinski definition) is 1. The summed E-state index contributed by atoms with van der Waals surface area (Å²) in [6.45, 7) is 2.51. The second-order valence-corrected chi connectivity index (χ2v) is 8.70. The molecule has 1 saturated heterocycles. The number of hydrogen-bond acceptors (Lipinski definition) is 6. The summed E-state index contributed by atoms with van der Waals surface area (Å²) in [6.07, 6.45) is 2.86. The van der Waals surface area contributed by atoms with Crippen LogP contribution in [0.2, 0.25) is 0 Å². The molecule has 2 heterocycles. The predicted octanol–water partition coefficient (Wildman–Crippen LogP) is 1.96. The van der Waals surface area contributed by atoms with Gasteiger partial charge in [-0.05, 0) is 36.4 Å². The first-order valence-corrected chi connectivity index (χ1v) is 11.1. The molecule has 4 rings (SSSR count). The van der Waals surface area contributed by atoms with Crippen molar-refractivity contribution in [2.45, 2.75) is 0 Å². The average Bonchev–Trinajstić information content (AvgIpc) is 2.72. The maximum absolute atomic E-state index is 12.8. The van der Waals surface area contributed by atoms with Gasteiger partial charge in [-0.15, -0.1) is 0 Å². The summed E-state index contributed by atoms with van der Waals surface area (Å²) in [4.78, 5) is 25.8. The second kappa shape index (κ2) is 7.67. The number of para-hydroxylation sites is 2. The molecule has 1 aliphatic heterocycles. The quantitative estimate of drug-likeness (QED) is 0.705. The molecule has 0 radical (unpaired) electrons. The molecule has 1 aromatic heterocycles. The van der Waals surface area contributed by atoms with Crippen LogP contribution < -0.4 is 9.62 Å². The zero-order chi connectivity index (χ0) is 20.4. The molecule has 1 aliphatic rings. The van der Waals surface area contributed by atoms with Gasteiger partial charge in [0.1, 0.15) is 5.82 Å². The molecule has 9 heteroatoms. The van der Waals surface area contributed by atoms with E-state index in [0.29, 0.717) is 37.4 Å². The van der Waals surface area contributed by atoms with Gasteiger partial charge in [0.25, 0.3) is 5.91 Å². The molecular weight excluding hydrogens is 390 g/mol. The summed E-state index contributed by atoms with van der Waals surface area (Å²) in [6, 6.07) is 14.2. The van der Waals surface area contributed by atoms with Crippen molar-refractivity contribution in [3.8, 4) is 0 Å². The predicted molar refractivity (Wildman–Crippen MR) is 113 cm³/mol. The molecule has 1 N–H and O–H groups in total. The minimum Gasteiger partial charge on any atom is -0.352 e. The van der Waals surface area contributed by atoms with Crippen molar-refractivity contribution < 1.29 is 13.2 Å². The van der Waals surface area contributed by atoms with Crippen LogP contribution in [0.3, 0.4) is 0 Å². The van der Waals surface area contributed by atoms with E-state index in [2.05, 4.69) is 19.6 Å². The Balaban J connectivity index is 1.40. The van der Waals surface area contributed by atoms with Gasteiger partial charge in [-0.3, -0.25) is 14.5 Å². The monoisotopic (exact) mass is 411 g/mol. The SMILES string of the molecule is CS(=O)(=O)Nc1ccc(C(=O)N2CCN(c3cnc4ccccc4n3)CC2)cc1. The third-order valence-corrected chi connectivity index (χ3v) is 5.37. The molecule has 2 aromatic carbocycles. The van der Waals surface area contributed by atoms with Crippen LogP contribution in [0.25, 0.3) is 11.0 Å². The molecule has 0 spiro atoms. The van der Waals surface area contributed by atoms with Crippen LogP contribution in [0.5, 0.6) is 0 Å². The number of carbonyl (C=O) groups is 1. The van der Waals surface area contributed by atoms with E-state index in [1.807, 2.05) is 24.3 Å². The number of nitrogens with one attached hydrogen (secondary N) is 1. The Hall–Kier alpha value is -3.20. The molecule has 0 aliphatic carbocycles. The number of amides is 1. The number of fused-ring (bicyclic) bond motifs is 1. The standard InChI is InChI=1S/C20H21N5O3S/c1-29(27,28)23-16-8-6-15(7-9-16)20(26)25-12-10-24(11-13-25)19-14-21-17-4-2-3-5-18(17)22-19/h2-9,14,23H,10-13H2,1H3. The molecule has 1 fully saturated rings. The minimum atomic E-state index is -3.34. The Morgan fingerprint density at radius 2 is 1.62 bits per heavy atom. The smallest absolute Gasteiger partial charge is 0.253 e. The molecule has 150 valence electrons. The molecule has 0 saturated carbocycles. The number of benzene rings is 2. The number of aromatic nitrogens is 2. The molecule has 3 aromatic rings. The van der Waals surface area contributed by atoms with Gasteiger partial charge < -0.3 is 9.80 Å². The van der Waals surface area contributed by atoms with Crippen molar-refractivity contribution in [3.05, 3.63) is 60.3 Å². The van der Waals surface area contributed by atoms with Crippen LogP contribution in [-0.4, -0.2) is 61.6 Å². The van der Waals surface area contributed by atoms with E-state index in [9.17, 15) is 13.2 Å². The number of sulfonamides is 1. The lowest BCUT2D eigenvalue weighted by atomic mass is 10.1. The minimum absolute atomic E-state index is 0.0693. The van der Waals surface area contributed by atoms with E-state index >= 15 is 0 Å². The van der Waals surface area contributed by atoms with Crippen molar-refractivity contribution in [1.82, 2.24) is 14.9 Å². The lowest BCUT2D eigenvalue weighted by molar-refractivity contribution is 0.0746. The highest BCUT2D eigenvalue weighted by molar-refractivity contribution is 7.92. The summed E-state index contributed by atoms with van der Waals surface area (Å²) in [7, 11) is -3.34. The normalized spacial score (nSPS) is 14.8. The summed E-state index contributed by atoms with van der Waals surface area (Å²) in [5.41, 5.74) is 2.68. The largest absolute Gasteiger partial charge is 0.352 e. The third-order valence-electron chi connectivity index (χ3n) is 4.76. The zero-order valence-electron chi connectivity index (χ0n) is 15.9. The van der Waals surface area contributed by atoms with Crippen molar-refractivity contribution >= 4 is 38.5 Å². The first-order valence-electron chi connectivity index (χ1n) is 9.23. The Labute approximate surface area is 169 Å². The highest BCUT2D eigenvalue weighted by Crippen LogP contribution is 2.18. The van der Waals surface area contributed by atoms with Crippen LogP contribution in [0.15, 0.2) is 54.7 Å². The van der Waals surface area contributed by atoms with Gasteiger partial charge in [-0.1, -0.05) is 12.1 Å². The van der Waals surface area contributed by atoms with E-state index in [1.54, 1.807) is 35.4 Å². The number of piperazine rings is 1. The Bertz CT molecular complexity index is 1140. The van der Waals surface area contributed by atoms with Gasteiger partial charge in [0.2, 0.25) is 10.0 Å². The lowest BCUT2D eigenvalue weighted by Gasteiger charge is -2.35. The van der Waals surface area contributed by atoms with Crippen molar-refractivity contribution in [2.24, 2.45) is 0 Å².